The predicted octanol–water partition coefficient (Wildman–Crippen LogP) is 6.34. The quantitative estimate of drug-likeness (QED) is 0.112. The molecule has 3 aromatic rings. The zero-order chi connectivity index (χ0) is 26.7. The van der Waals surface area contributed by atoms with Crippen molar-refractivity contribution < 1.29 is 28.1 Å². The Morgan fingerprint density at radius 3 is 1.97 bits per heavy atom. The first-order valence-electron chi connectivity index (χ1n) is 12.1. The van der Waals surface area contributed by atoms with E-state index in [9.17, 15) is 19.5 Å². The number of non-ortho nitro benzene ring substituents is 1. The van der Waals surface area contributed by atoms with E-state index in [1.165, 1.54) is 24.3 Å². The monoisotopic (exact) mass is 526 g/mol. The molecule has 0 amide bonds. The average molecular weight is 527 g/mol. The number of ether oxygens (including phenoxy) is 1. The van der Waals surface area contributed by atoms with Crippen molar-refractivity contribution in [1.29, 1.82) is 0 Å². The first-order chi connectivity index (χ1) is 17.8. The number of benzene rings is 3. The van der Waals surface area contributed by atoms with Gasteiger partial charge in [-0.15, -0.1) is 0 Å². The lowest BCUT2D eigenvalue weighted by Crippen LogP contribution is -2.40. The summed E-state index contributed by atoms with van der Waals surface area (Å²) in [7, 11) is -4.23. The van der Waals surface area contributed by atoms with E-state index < -0.39 is 24.7 Å². The van der Waals surface area contributed by atoms with Crippen LogP contribution in [0.2, 0.25) is 0 Å². The molecule has 0 aliphatic carbocycles. The highest BCUT2D eigenvalue weighted by atomic mass is 31.2. The van der Waals surface area contributed by atoms with Crippen molar-refractivity contribution in [2.75, 3.05) is 6.61 Å². The van der Waals surface area contributed by atoms with Crippen molar-refractivity contribution in [2.45, 2.75) is 39.2 Å². The molecule has 0 fully saturated rings. The molecule has 0 aliphatic rings. The molecule has 3 rings (SSSR count). The summed E-state index contributed by atoms with van der Waals surface area (Å²) in [4.78, 5) is 23.7. The van der Waals surface area contributed by atoms with Crippen molar-refractivity contribution in [3.05, 3.63) is 101 Å². The smallest absolute Gasteiger partial charge is 0.464 e. The molecule has 0 heterocycles. The molecule has 10 heteroatoms. The topological polar surface area (TPSA) is 117 Å². The zero-order valence-electron chi connectivity index (χ0n) is 20.8. The number of nitro groups is 1. The number of nitrogens with zero attached hydrogens (tertiary/aromatic N) is 1. The van der Waals surface area contributed by atoms with Crippen LogP contribution in [0, 0.1) is 16.0 Å². The molecule has 37 heavy (non-hydrogen) atoms. The van der Waals surface area contributed by atoms with E-state index in [1.54, 1.807) is 30.3 Å². The standard InChI is InChI=1S/C27H31N2O7P/c1-3-21(4-2)20-34-27(30)26(19-22-11-7-5-8-12-22)28-37(33,35-24-13-9-6-10-14-24)36-25-17-15-23(16-18-25)29(31)32/h5-18,21,26H,3-4,19-20H2,1-2H3,(H,28,33)/t26-,37?/m0/s1. The van der Waals surface area contributed by atoms with Crippen LogP contribution in [0.3, 0.4) is 0 Å². The molecule has 0 saturated carbocycles. The molecular formula is C27H31N2O7P. The van der Waals surface area contributed by atoms with Gasteiger partial charge in [0, 0.05) is 12.1 Å². The largest absolute Gasteiger partial charge is 0.513 e. The lowest BCUT2D eigenvalue weighted by atomic mass is 10.0. The van der Waals surface area contributed by atoms with Gasteiger partial charge < -0.3 is 13.8 Å². The van der Waals surface area contributed by atoms with Gasteiger partial charge in [0.25, 0.3) is 5.69 Å². The molecule has 2 atom stereocenters. The maximum absolute atomic E-state index is 14.0. The van der Waals surface area contributed by atoms with E-state index in [0.717, 1.165) is 18.4 Å². The average Bonchev–Trinajstić information content (AvgIpc) is 2.90. The maximum Gasteiger partial charge on any atom is 0.513 e. The molecule has 0 bridgehead atoms. The Bertz CT molecular complexity index is 1190. The van der Waals surface area contributed by atoms with Crippen LogP contribution >= 0.6 is 7.75 Å². The van der Waals surface area contributed by atoms with Crippen LogP contribution in [-0.2, 0) is 20.5 Å². The van der Waals surface area contributed by atoms with Gasteiger partial charge in [0.1, 0.15) is 17.5 Å². The summed E-state index contributed by atoms with van der Waals surface area (Å²) in [6.45, 7) is 4.30. The Labute approximate surface area is 216 Å². The van der Waals surface area contributed by atoms with Gasteiger partial charge in [-0.05, 0) is 42.2 Å². The van der Waals surface area contributed by atoms with Crippen LogP contribution in [0.15, 0.2) is 84.9 Å². The number of para-hydroxylation sites is 1. The van der Waals surface area contributed by atoms with Gasteiger partial charge in [-0.25, -0.2) is 4.57 Å². The number of nitrogens with one attached hydrogen (secondary N) is 1. The second kappa shape index (κ2) is 13.6. The summed E-state index contributed by atoms with van der Waals surface area (Å²) in [5.74, 6) is -0.0460. The Hall–Kier alpha value is -3.68. The number of hydrogen-bond acceptors (Lipinski definition) is 7. The van der Waals surface area contributed by atoms with Crippen molar-refractivity contribution in [1.82, 2.24) is 5.09 Å². The van der Waals surface area contributed by atoms with Gasteiger partial charge >= 0.3 is 13.7 Å². The molecule has 196 valence electrons. The van der Waals surface area contributed by atoms with Gasteiger partial charge in [-0.2, -0.15) is 5.09 Å². The van der Waals surface area contributed by atoms with Crippen LogP contribution in [0.5, 0.6) is 11.5 Å². The van der Waals surface area contributed by atoms with E-state index in [-0.39, 0.29) is 36.1 Å². The molecule has 0 radical (unpaired) electrons. The lowest BCUT2D eigenvalue weighted by Gasteiger charge is -2.25. The Morgan fingerprint density at radius 2 is 1.43 bits per heavy atom. The molecular weight excluding hydrogens is 495 g/mol. The number of rotatable bonds is 14. The van der Waals surface area contributed by atoms with Crippen LogP contribution in [0.4, 0.5) is 5.69 Å². The number of carbonyl (C=O) groups is 1. The highest BCUT2D eigenvalue weighted by Crippen LogP contribution is 2.45. The van der Waals surface area contributed by atoms with Crippen LogP contribution in [-0.4, -0.2) is 23.5 Å². The normalized spacial score (nSPS) is 13.4. The number of carbonyl (C=O) groups excluding carboxylic acids is 1. The molecule has 0 aromatic heterocycles. The van der Waals surface area contributed by atoms with Gasteiger partial charge in [0.15, 0.2) is 0 Å². The summed E-state index contributed by atoms with van der Waals surface area (Å²) in [6.07, 6.45) is 1.90. The Morgan fingerprint density at radius 1 is 0.892 bits per heavy atom. The van der Waals surface area contributed by atoms with Crippen molar-refractivity contribution >= 4 is 19.4 Å². The number of hydrogen-bond donors (Lipinski definition) is 1. The molecule has 3 aromatic carbocycles. The molecule has 1 unspecified atom stereocenters. The van der Waals surface area contributed by atoms with E-state index in [1.807, 2.05) is 44.2 Å². The second-order valence-electron chi connectivity index (χ2n) is 8.43. The van der Waals surface area contributed by atoms with Crippen molar-refractivity contribution in [3.8, 4) is 11.5 Å². The van der Waals surface area contributed by atoms with E-state index in [2.05, 4.69) is 5.09 Å². The summed E-state index contributed by atoms with van der Waals surface area (Å²) >= 11 is 0. The van der Waals surface area contributed by atoms with Crippen LogP contribution < -0.4 is 14.1 Å². The summed E-state index contributed by atoms with van der Waals surface area (Å²) < 4.78 is 31.1. The maximum atomic E-state index is 14.0. The third-order valence-corrected chi connectivity index (χ3v) is 7.27. The van der Waals surface area contributed by atoms with E-state index in [4.69, 9.17) is 13.8 Å². The van der Waals surface area contributed by atoms with Crippen molar-refractivity contribution in [2.24, 2.45) is 5.92 Å². The van der Waals surface area contributed by atoms with Gasteiger partial charge in [0.2, 0.25) is 0 Å². The molecule has 0 spiro atoms. The van der Waals surface area contributed by atoms with Gasteiger partial charge in [-0.3, -0.25) is 14.9 Å². The van der Waals surface area contributed by atoms with Crippen LogP contribution in [0.25, 0.3) is 0 Å². The van der Waals surface area contributed by atoms with Gasteiger partial charge in [-0.1, -0.05) is 75.2 Å². The fourth-order valence-corrected chi connectivity index (χ4v) is 5.03. The summed E-state index contributed by atoms with van der Waals surface area (Å²) in [6, 6.07) is 21.7. The van der Waals surface area contributed by atoms with E-state index >= 15 is 0 Å². The highest BCUT2D eigenvalue weighted by molar-refractivity contribution is 7.52. The molecule has 9 nitrogen and oxygen atoms in total. The fourth-order valence-electron chi connectivity index (χ4n) is 3.51. The predicted molar refractivity (Wildman–Crippen MR) is 141 cm³/mol. The molecule has 0 aliphatic heterocycles. The van der Waals surface area contributed by atoms with Crippen LogP contribution in [0.1, 0.15) is 32.3 Å². The number of nitro benzene ring substituents is 1. The summed E-state index contributed by atoms with van der Waals surface area (Å²) in [5.41, 5.74) is 0.673. The minimum atomic E-state index is -4.23. The van der Waals surface area contributed by atoms with Gasteiger partial charge in [0.05, 0.1) is 11.5 Å². The fraction of sp³-hybridized carbons (Fsp3) is 0.296. The summed E-state index contributed by atoms with van der Waals surface area (Å²) in [5, 5.41) is 13.8. The minimum Gasteiger partial charge on any atom is -0.464 e. The molecule has 0 saturated heterocycles. The van der Waals surface area contributed by atoms with Crippen molar-refractivity contribution in [3.63, 3.8) is 0 Å². The Balaban J connectivity index is 1.89. The second-order valence-corrected chi connectivity index (χ2v) is 10.0. The minimum absolute atomic E-state index is 0.0706. The third-order valence-electron chi connectivity index (χ3n) is 5.74. The Kier molecular flexibility index (Phi) is 10.2. The van der Waals surface area contributed by atoms with E-state index in [0.29, 0.717) is 0 Å². The first kappa shape index (κ1) is 27.9. The number of esters is 1. The SMILES string of the molecule is CCC(CC)COC(=O)[C@H](Cc1ccccc1)NP(=O)(Oc1ccccc1)Oc1ccc([N+](=O)[O-])cc1. The molecule has 1 N–H and O–H groups in total. The zero-order valence-corrected chi connectivity index (χ0v) is 21.7. The highest BCUT2D eigenvalue weighted by Gasteiger charge is 2.36. The lowest BCUT2D eigenvalue weighted by molar-refractivity contribution is -0.384. The first-order valence-corrected chi connectivity index (χ1v) is 13.6. The third kappa shape index (κ3) is 8.74.